The summed E-state index contributed by atoms with van der Waals surface area (Å²) in [5, 5.41) is 5.69. The quantitative estimate of drug-likeness (QED) is 0.581. The standard InChI is InChI=1S/C19H15N3O3S/c1-24-14-5-7-15-12(9-14)4-6-16(22-15)18(23)20-10-13-11-25-19(21-13)17-3-2-8-26-17/h2-9,11H,10H2,1H3,(H,20,23). The van der Waals surface area contributed by atoms with Crippen molar-refractivity contribution in [3.05, 3.63) is 65.5 Å². The lowest BCUT2D eigenvalue weighted by Gasteiger charge is -2.05. The van der Waals surface area contributed by atoms with Gasteiger partial charge in [0.25, 0.3) is 5.91 Å². The van der Waals surface area contributed by atoms with Crippen molar-refractivity contribution in [2.75, 3.05) is 7.11 Å². The van der Waals surface area contributed by atoms with Crippen molar-refractivity contribution in [3.63, 3.8) is 0 Å². The van der Waals surface area contributed by atoms with Crippen LogP contribution in [-0.4, -0.2) is 23.0 Å². The van der Waals surface area contributed by atoms with E-state index in [9.17, 15) is 4.79 Å². The molecule has 0 aliphatic heterocycles. The molecule has 0 spiro atoms. The average molecular weight is 365 g/mol. The predicted octanol–water partition coefficient (Wildman–Crippen LogP) is 3.89. The number of aromatic nitrogens is 2. The third-order valence-electron chi connectivity index (χ3n) is 3.84. The molecule has 1 amide bonds. The number of amides is 1. The zero-order valence-electron chi connectivity index (χ0n) is 13.9. The number of oxazole rings is 1. The smallest absolute Gasteiger partial charge is 0.270 e. The SMILES string of the molecule is COc1ccc2nc(C(=O)NCc3coc(-c4cccs4)n3)ccc2c1. The number of hydrogen-bond acceptors (Lipinski definition) is 6. The van der Waals surface area contributed by atoms with E-state index in [0.29, 0.717) is 17.3 Å². The molecule has 0 radical (unpaired) electrons. The van der Waals surface area contributed by atoms with Crippen molar-refractivity contribution in [1.29, 1.82) is 0 Å². The molecule has 3 aromatic heterocycles. The predicted molar refractivity (Wildman–Crippen MR) is 99.3 cm³/mol. The first-order valence-electron chi connectivity index (χ1n) is 7.94. The summed E-state index contributed by atoms with van der Waals surface area (Å²) in [5.41, 5.74) is 1.75. The molecule has 3 heterocycles. The van der Waals surface area contributed by atoms with Gasteiger partial charge in [0.15, 0.2) is 0 Å². The number of thiophene rings is 1. The summed E-state index contributed by atoms with van der Waals surface area (Å²) >= 11 is 1.55. The molecule has 0 bridgehead atoms. The normalized spacial score (nSPS) is 10.8. The number of fused-ring (bicyclic) bond motifs is 1. The Balaban J connectivity index is 1.45. The number of hydrogen-bond donors (Lipinski definition) is 1. The van der Waals surface area contributed by atoms with Gasteiger partial charge in [0.1, 0.15) is 17.7 Å². The largest absolute Gasteiger partial charge is 0.497 e. The second-order valence-corrected chi connectivity index (χ2v) is 6.51. The molecule has 7 heteroatoms. The summed E-state index contributed by atoms with van der Waals surface area (Å²) < 4.78 is 10.6. The Labute approximate surface area is 153 Å². The summed E-state index contributed by atoms with van der Waals surface area (Å²) in [7, 11) is 1.62. The van der Waals surface area contributed by atoms with Crippen LogP contribution < -0.4 is 10.1 Å². The molecule has 26 heavy (non-hydrogen) atoms. The molecule has 6 nitrogen and oxygen atoms in total. The maximum absolute atomic E-state index is 12.4. The van der Waals surface area contributed by atoms with Crippen molar-refractivity contribution in [2.45, 2.75) is 6.54 Å². The Morgan fingerprint density at radius 3 is 2.96 bits per heavy atom. The summed E-state index contributed by atoms with van der Waals surface area (Å²) in [4.78, 5) is 22.1. The highest BCUT2D eigenvalue weighted by molar-refractivity contribution is 7.13. The maximum atomic E-state index is 12.4. The highest BCUT2D eigenvalue weighted by Crippen LogP contribution is 2.23. The number of ether oxygens (including phenoxy) is 1. The molecule has 0 aliphatic rings. The minimum atomic E-state index is -0.261. The maximum Gasteiger partial charge on any atom is 0.270 e. The van der Waals surface area contributed by atoms with Crippen molar-refractivity contribution < 1.29 is 13.9 Å². The molecule has 130 valence electrons. The Morgan fingerprint density at radius 2 is 2.15 bits per heavy atom. The molecular formula is C19H15N3O3S. The Morgan fingerprint density at radius 1 is 1.23 bits per heavy atom. The van der Waals surface area contributed by atoms with Gasteiger partial charge >= 0.3 is 0 Å². The molecule has 0 atom stereocenters. The molecule has 0 saturated heterocycles. The van der Waals surface area contributed by atoms with E-state index in [1.165, 1.54) is 0 Å². The van der Waals surface area contributed by atoms with E-state index >= 15 is 0 Å². The van der Waals surface area contributed by atoms with Gasteiger partial charge in [-0.3, -0.25) is 4.79 Å². The van der Waals surface area contributed by atoms with Gasteiger partial charge in [0, 0.05) is 5.39 Å². The van der Waals surface area contributed by atoms with E-state index in [-0.39, 0.29) is 12.5 Å². The van der Waals surface area contributed by atoms with Crippen LogP contribution in [0.1, 0.15) is 16.2 Å². The molecule has 0 fully saturated rings. The van der Waals surface area contributed by atoms with E-state index in [2.05, 4.69) is 15.3 Å². The topological polar surface area (TPSA) is 77.2 Å². The minimum Gasteiger partial charge on any atom is -0.497 e. The average Bonchev–Trinajstić information content (AvgIpc) is 3.36. The lowest BCUT2D eigenvalue weighted by Crippen LogP contribution is -2.23. The molecule has 1 aromatic carbocycles. The Bertz CT molecular complexity index is 1060. The van der Waals surface area contributed by atoms with Crippen molar-refractivity contribution in [3.8, 4) is 16.5 Å². The molecule has 0 saturated carbocycles. The minimum absolute atomic E-state index is 0.261. The number of nitrogens with zero attached hydrogens (tertiary/aromatic N) is 2. The molecule has 1 N–H and O–H groups in total. The fourth-order valence-corrected chi connectivity index (χ4v) is 3.18. The monoisotopic (exact) mass is 365 g/mol. The number of benzene rings is 1. The van der Waals surface area contributed by atoms with Gasteiger partial charge in [-0.25, -0.2) is 9.97 Å². The van der Waals surface area contributed by atoms with Crippen LogP contribution in [0.3, 0.4) is 0 Å². The fourth-order valence-electron chi connectivity index (χ4n) is 2.52. The van der Waals surface area contributed by atoms with Gasteiger partial charge in [0.05, 0.1) is 29.7 Å². The molecule has 0 unspecified atom stereocenters. The summed E-state index contributed by atoms with van der Waals surface area (Å²) in [6, 6.07) is 12.9. The van der Waals surface area contributed by atoms with Crippen LogP contribution in [0.15, 0.2) is 58.5 Å². The Kier molecular flexibility index (Phi) is 4.37. The zero-order valence-corrected chi connectivity index (χ0v) is 14.7. The van der Waals surface area contributed by atoms with E-state index < -0.39 is 0 Å². The lowest BCUT2D eigenvalue weighted by molar-refractivity contribution is 0.0946. The number of nitrogens with one attached hydrogen (secondary N) is 1. The second-order valence-electron chi connectivity index (χ2n) is 5.56. The van der Waals surface area contributed by atoms with Gasteiger partial charge in [-0.15, -0.1) is 11.3 Å². The van der Waals surface area contributed by atoms with Gasteiger partial charge in [-0.1, -0.05) is 12.1 Å². The van der Waals surface area contributed by atoms with Gasteiger partial charge in [-0.2, -0.15) is 0 Å². The summed E-state index contributed by atoms with van der Waals surface area (Å²) in [6.07, 6.45) is 1.55. The van der Waals surface area contributed by atoms with Crippen LogP contribution >= 0.6 is 11.3 Å². The zero-order chi connectivity index (χ0) is 17.9. The number of pyridine rings is 1. The first-order chi connectivity index (χ1) is 12.7. The second kappa shape index (κ2) is 6.97. The van der Waals surface area contributed by atoms with Gasteiger partial charge < -0.3 is 14.5 Å². The van der Waals surface area contributed by atoms with Crippen LogP contribution in [0.2, 0.25) is 0 Å². The van der Waals surface area contributed by atoms with E-state index in [1.807, 2.05) is 41.8 Å². The third kappa shape index (κ3) is 3.29. The first-order valence-corrected chi connectivity index (χ1v) is 8.82. The van der Waals surface area contributed by atoms with E-state index in [4.69, 9.17) is 9.15 Å². The van der Waals surface area contributed by atoms with E-state index in [0.717, 1.165) is 21.5 Å². The molecular weight excluding hydrogens is 350 g/mol. The Hall–Kier alpha value is -3.19. The van der Waals surface area contributed by atoms with Crippen molar-refractivity contribution in [2.24, 2.45) is 0 Å². The fraction of sp³-hybridized carbons (Fsp3) is 0.105. The van der Waals surface area contributed by atoms with Crippen molar-refractivity contribution in [1.82, 2.24) is 15.3 Å². The highest BCUT2D eigenvalue weighted by atomic mass is 32.1. The van der Waals surface area contributed by atoms with Crippen molar-refractivity contribution >= 4 is 28.1 Å². The van der Waals surface area contributed by atoms with Crippen LogP contribution in [-0.2, 0) is 6.54 Å². The first kappa shape index (κ1) is 16.3. The van der Waals surface area contributed by atoms with Crippen LogP contribution in [0.4, 0.5) is 0 Å². The summed E-state index contributed by atoms with van der Waals surface area (Å²) in [6.45, 7) is 0.274. The third-order valence-corrected chi connectivity index (χ3v) is 4.70. The summed E-state index contributed by atoms with van der Waals surface area (Å²) in [5.74, 6) is 1.05. The molecule has 4 rings (SSSR count). The van der Waals surface area contributed by atoms with Crippen LogP contribution in [0.5, 0.6) is 5.75 Å². The van der Waals surface area contributed by atoms with Gasteiger partial charge in [0.2, 0.25) is 5.89 Å². The number of carbonyl (C=O) groups excluding carboxylic acids is 1. The van der Waals surface area contributed by atoms with Crippen LogP contribution in [0.25, 0.3) is 21.7 Å². The van der Waals surface area contributed by atoms with E-state index in [1.54, 1.807) is 30.8 Å². The highest BCUT2D eigenvalue weighted by Gasteiger charge is 2.11. The van der Waals surface area contributed by atoms with Crippen LogP contribution in [0, 0.1) is 0 Å². The number of rotatable bonds is 5. The molecule has 4 aromatic rings. The number of methoxy groups -OCH3 is 1. The molecule has 0 aliphatic carbocycles. The van der Waals surface area contributed by atoms with Gasteiger partial charge in [-0.05, 0) is 35.7 Å². The lowest BCUT2D eigenvalue weighted by atomic mass is 10.2. The number of carbonyl (C=O) groups is 1.